The molecule has 0 aromatic heterocycles. The quantitative estimate of drug-likeness (QED) is 0.640. The molecule has 2 fully saturated rings. The van der Waals surface area contributed by atoms with Gasteiger partial charge in [-0.15, -0.1) is 0 Å². The van der Waals surface area contributed by atoms with Gasteiger partial charge < -0.3 is 14.4 Å². The normalized spacial score (nSPS) is 25.0. The number of likely N-dealkylation sites (tertiary alicyclic amines) is 1. The lowest BCUT2D eigenvalue weighted by atomic mass is 10.1. The fourth-order valence-electron chi connectivity index (χ4n) is 2.95. The average molecular weight is 334 g/mol. The van der Waals surface area contributed by atoms with Crippen LogP contribution in [0.5, 0.6) is 0 Å². The van der Waals surface area contributed by atoms with Crippen LogP contribution in [0.2, 0.25) is 0 Å². The van der Waals surface area contributed by atoms with E-state index in [2.05, 4.69) is 4.90 Å². The van der Waals surface area contributed by atoms with E-state index in [1.54, 1.807) is 11.2 Å². The second kappa shape index (κ2) is 8.24. The van der Waals surface area contributed by atoms with Gasteiger partial charge in [0.15, 0.2) is 0 Å². The van der Waals surface area contributed by atoms with Gasteiger partial charge in [0, 0.05) is 26.2 Å². The molecule has 0 unspecified atom stereocenters. The van der Waals surface area contributed by atoms with Crippen molar-refractivity contribution < 1.29 is 22.7 Å². The summed E-state index contributed by atoms with van der Waals surface area (Å²) in [5.41, 5.74) is 0. The van der Waals surface area contributed by atoms with Crippen molar-refractivity contribution in [2.24, 2.45) is 0 Å². The van der Waals surface area contributed by atoms with Crippen LogP contribution in [0.1, 0.15) is 26.2 Å². The number of ether oxygens (including phenoxy) is 2. The predicted octanol–water partition coefficient (Wildman–Crippen LogP) is 0.0660. The lowest BCUT2D eigenvalue weighted by Gasteiger charge is -2.36. The van der Waals surface area contributed by atoms with Gasteiger partial charge >= 0.3 is 5.97 Å². The van der Waals surface area contributed by atoms with Crippen LogP contribution < -0.4 is 0 Å². The predicted molar refractivity (Wildman–Crippen MR) is 82.0 cm³/mol. The molecule has 8 heteroatoms. The smallest absolute Gasteiger partial charge is 0.307 e. The minimum atomic E-state index is -3.27. The number of rotatable bonds is 6. The molecule has 0 aliphatic carbocycles. The number of piperidine rings is 1. The van der Waals surface area contributed by atoms with Crippen molar-refractivity contribution in [3.05, 3.63) is 0 Å². The first-order chi connectivity index (χ1) is 10.5. The van der Waals surface area contributed by atoms with Crippen LogP contribution in [0.25, 0.3) is 0 Å². The van der Waals surface area contributed by atoms with Crippen molar-refractivity contribution in [3.63, 3.8) is 0 Å². The van der Waals surface area contributed by atoms with E-state index in [1.807, 2.05) is 0 Å². The van der Waals surface area contributed by atoms with Crippen LogP contribution in [-0.2, 0) is 24.3 Å². The minimum Gasteiger partial charge on any atom is -0.466 e. The van der Waals surface area contributed by atoms with Crippen LogP contribution in [0.4, 0.5) is 0 Å². The molecule has 0 N–H and O–H groups in total. The van der Waals surface area contributed by atoms with Crippen LogP contribution in [0.3, 0.4) is 0 Å². The number of hydrogen-bond acceptors (Lipinski definition) is 6. The number of carbonyl (C=O) groups excluding carboxylic acids is 1. The molecule has 0 amide bonds. The molecule has 2 aliphatic rings. The molecule has 0 aromatic carbocycles. The van der Waals surface area contributed by atoms with Crippen molar-refractivity contribution >= 4 is 16.0 Å². The highest BCUT2D eigenvalue weighted by atomic mass is 32.2. The summed E-state index contributed by atoms with van der Waals surface area (Å²) >= 11 is 0. The van der Waals surface area contributed by atoms with Gasteiger partial charge in [-0.3, -0.25) is 4.79 Å². The summed E-state index contributed by atoms with van der Waals surface area (Å²) in [6, 6.07) is 0. The number of hydrogen-bond donors (Lipinski definition) is 0. The van der Waals surface area contributed by atoms with E-state index in [9.17, 15) is 13.2 Å². The maximum Gasteiger partial charge on any atom is 0.307 e. The molecule has 2 saturated heterocycles. The zero-order valence-corrected chi connectivity index (χ0v) is 14.0. The molecule has 2 heterocycles. The molecular formula is C14H26N2O5S. The van der Waals surface area contributed by atoms with E-state index in [-0.39, 0.29) is 11.2 Å². The van der Waals surface area contributed by atoms with Gasteiger partial charge in [-0.1, -0.05) is 0 Å². The molecule has 2 rings (SSSR count). The molecular weight excluding hydrogens is 308 g/mol. The second-order valence-corrected chi connectivity index (χ2v) is 7.89. The van der Waals surface area contributed by atoms with Crippen molar-refractivity contribution in [3.8, 4) is 0 Å². The molecule has 0 spiro atoms. The molecule has 2 aliphatic heterocycles. The first-order valence-corrected chi connectivity index (χ1v) is 9.49. The monoisotopic (exact) mass is 334 g/mol. The Labute approximate surface area is 132 Å². The van der Waals surface area contributed by atoms with E-state index in [4.69, 9.17) is 9.47 Å². The number of esters is 1. The van der Waals surface area contributed by atoms with Gasteiger partial charge in [0.05, 0.1) is 31.5 Å². The Morgan fingerprint density at radius 1 is 1.27 bits per heavy atom. The number of carbonyl (C=O) groups is 1. The topological polar surface area (TPSA) is 76.2 Å². The molecule has 0 radical (unpaired) electrons. The highest BCUT2D eigenvalue weighted by molar-refractivity contribution is 7.89. The minimum absolute atomic E-state index is 0.222. The lowest BCUT2D eigenvalue weighted by Crippen LogP contribution is -2.51. The number of sulfonamides is 1. The second-order valence-electron chi connectivity index (χ2n) is 5.68. The summed E-state index contributed by atoms with van der Waals surface area (Å²) in [7, 11) is -3.27. The molecule has 7 nitrogen and oxygen atoms in total. The van der Waals surface area contributed by atoms with E-state index < -0.39 is 10.0 Å². The summed E-state index contributed by atoms with van der Waals surface area (Å²) in [6.45, 7) is 5.90. The largest absolute Gasteiger partial charge is 0.466 e. The Hall–Kier alpha value is -0.700. The molecule has 1 atom stereocenters. The SMILES string of the molecule is CCOC(=O)CCN1CCC[C@H](S(=O)(=O)N2CCOCC2)C1. The standard InChI is InChI=1S/C14H26N2O5S/c1-2-21-14(17)5-7-15-6-3-4-13(12-15)22(18,19)16-8-10-20-11-9-16/h13H,2-12H2,1H3/t13-/m0/s1. The maximum absolute atomic E-state index is 12.7. The Bertz CT molecular complexity index is 462. The molecule has 0 aromatic rings. The Morgan fingerprint density at radius 2 is 2.00 bits per heavy atom. The number of nitrogens with zero attached hydrogens (tertiary/aromatic N) is 2. The number of morpholine rings is 1. The third-order valence-electron chi connectivity index (χ3n) is 4.15. The van der Waals surface area contributed by atoms with Crippen molar-refractivity contribution in [2.75, 3.05) is 52.5 Å². The first kappa shape index (κ1) is 17.7. The lowest BCUT2D eigenvalue weighted by molar-refractivity contribution is -0.143. The highest BCUT2D eigenvalue weighted by Crippen LogP contribution is 2.21. The fourth-order valence-corrected chi connectivity index (χ4v) is 4.90. The van der Waals surface area contributed by atoms with Crippen molar-refractivity contribution in [2.45, 2.75) is 31.4 Å². The maximum atomic E-state index is 12.7. The van der Waals surface area contributed by atoms with Gasteiger partial charge in [-0.2, -0.15) is 4.31 Å². The van der Waals surface area contributed by atoms with E-state index in [1.165, 1.54) is 0 Å². The molecule has 0 saturated carbocycles. The van der Waals surface area contributed by atoms with Crippen LogP contribution >= 0.6 is 0 Å². The van der Waals surface area contributed by atoms with Crippen LogP contribution in [0, 0.1) is 0 Å². The van der Waals surface area contributed by atoms with Gasteiger partial charge in [-0.25, -0.2) is 8.42 Å². The van der Waals surface area contributed by atoms with Gasteiger partial charge in [0.1, 0.15) is 0 Å². The molecule has 22 heavy (non-hydrogen) atoms. The summed E-state index contributed by atoms with van der Waals surface area (Å²) in [5.74, 6) is -0.222. The van der Waals surface area contributed by atoms with E-state index in [0.717, 1.165) is 13.0 Å². The molecule has 0 bridgehead atoms. The van der Waals surface area contributed by atoms with Gasteiger partial charge in [0.25, 0.3) is 0 Å². The zero-order chi connectivity index (χ0) is 16.0. The van der Waals surface area contributed by atoms with Crippen molar-refractivity contribution in [1.82, 2.24) is 9.21 Å². The Morgan fingerprint density at radius 3 is 2.68 bits per heavy atom. The first-order valence-electron chi connectivity index (χ1n) is 7.98. The highest BCUT2D eigenvalue weighted by Gasteiger charge is 2.35. The van der Waals surface area contributed by atoms with Crippen LogP contribution in [-0.4, -0.2) is 81.4 Å². The third-order valence-corrected chi connectivity index (χ3v) is 6.46. The van der Waals surface area contributed by atoms with Crippen LogP contribution in [0.15, 0.2) is 0 Å². The summed E-state index contributed by atoms with van der Waals surface area (Å²) in [4.78, 5) is 13.5. The summed E-state index contributed by atoms with van der Waals surface area (Å²) in [5, 5.41) is -0.374. The average Bonchev–Trinajstić information content (AvgIpc) is 2.54. The van der Waals surface area contributed by atoms with Gasteiger partial charge in [0.2, 0.25) is 10.0 Å². The zero-order valence-electron chi connectivity index (χ0n) is 13.2. The van der Waals surface area contributed by atoms with E-state index >= 15 is 0 Å². The molecule has 128 valence electrons. The summed E-state index contributed by atoms with van der Waals surface area (Å²) in [6.07, 6.45) is 1.85. The van der Waals surface area contributed by atoms with Gasteiger partial charge in [-0.05, 0) is 26.3 Å². The van der Waals surface area contributed by atoms with E-state index in [0.29, 0.717) is 58.8 Å². The Kier molecular flexibility index (Phi) is 6.61. The van der Waals surface area contributed by atoms with Crippen molar-refractivity contribution in [1.29, 1.82) is 0 Å². The third kappa shape index (κ3) is 4.65. The summed E-state index contributed by atoms with van der Waals surface area (Å²) < 4.78 is 37.0. The fraction of sp³-hybridized carbons (Fsp3) is 0.929. The Balaban J connectivity index is 1.87.